The number of hydrogen-bond acceptors (Lipinski definition) is 6. The molecule has 0 saturated carbocycles. The quantitative estimate of drug-likeness (QED) is 0.697. The number of aryl methyl sites for hydroxylation is 1. The average molecular weight is 376 g/mol. The molecule has 1 fully saturated rings. The normalized spacial score (nSPS) is 19.2. The molecular formula is C13H18ClN5O4S. The Bertz CT molecular complexity index is 984. The Labute approximate surface area is 144 Å². The summed E-state index contributed by atoms with van der Waals surface area (Å²) in [5.41, 5.74) is -1.10. The molecule has 3 heterocycles. The summed E-state index contributed by atoms with van der Waals surface area (Å²) in [6.07, 6.45) is 1.19. The Morgan fingerprint density at radius 3 is 2.71 bits per heavy atom. The molecule has 1 aliphatic heterocycles. The summed E-state index contributed by atoms with van der Waals surface area (Å²) in [6.45, 7) is 3.30. The number of aromatic nitrogens is 3. The van der Waals surface area contributed by atoms with E-state index in [1.165, 1.54) is 28.2 Å². The van der Waals surface area contributed by atoms with E-state index < -0.39 is 21.3 Å². The summed E-state index contributed by atoms with van der Waals surface area (Å²) in [5, 5.41) is 3.19. The number of fused-ring (bicyclic) bond motifs is 1. The molecule has 2 aromatic rings. The van der Waals surface area contributed by atoms with Crippen LogP contribution in [0.5, 0.6) is 0 Å². The molecule has 1 unspecified atom stereocenters. The second-order valence-corrected chi connectivity index (χ2v) is 7.42. The minimum atomic E-state index is -3.75. The van der Waals surface area contributed by atoms with E-state index in [1.54, 1.807) is 0 Å². The van der Waals surface area contributed by atoms with Crippen molar-refractivity contribution in [3.05, 3.63) is 33.1 Å². The summed E-state index contributed by atoms with van der Waals surface area (Å²) in [7, 11) is -2.29. The van der Waals surface area contributed by atoms with E-state index in [2.05, 4.69) is 15.3 Å². The molecule has 1 atom stereocenters. The fraction of sp³-hybridized carbons (Fsp3) is 0.462. The first-order valence-corrected chi connectivity index (χ1v) is 8.58. The fourth-order valence-corrected chi connectivity index (χ4v) is 4.28. The molecule has 2 N–H and O–H groups in total. The van der Waals surface area contributed by atoms with Crippen LogP contribution < -0.4 is 16.6 Å². The first-order valence-electron chi connectivity index (χ1n) is 7.14. The van der Waals surface area contributed by atoms with Gasteiger partial charge in [0.15, 0.2) is 0 Å². The van der Waals surface area contributed by atoms with Gasteiger partial charge in [-0.25, -0.2) is 18.2 Å². The summed E-state index contributed by atoms with van der Waals surface area (Å²) < 4.78 is 28.1. The van der Waals surface area contributed by atoms with Gasteiger partial charge in [-0.05, 0) is 13.0 Å². The van der Waals surface area contributed by atoms with Gasteiger partial charge in [-0.1, -0.05) is 0 Å². The van der Waals surface area contributed by atoms with Crippen LogP contribution in [0.15, 0.2) is 26.7 Å². The van der Waals surface area contributed by atoms with Crippen LogP contribution in [-0.4, -0.2) is 52.9 Å². The number of nitrogens with zero attached hydrogens (tertiary/aromatic N) is 3. The lowest BCUT2D eigenvalue weighted by molar-refractivity contribution is 0.284. The molecule has 9 nitrogen and oxygen atoms in total. The van der Waals surface area contributed by atoms with Crippen LogP contribution in [0.2, 0.25) is 0 Å². The lowest BCUT2D eigenvalue weighted by atomic mass is 10.3. The average Bonchev–Trinajstić information content (AvgIpc) is 2.52. The van der Waals surface area contributed by atoms with Crippen molar-refractivity contribution in [3.8, 4) is 0 Å². The van der Waals surface area contributed by atoms with Crippen LogP contribution in [-0.2, 0) is 17.1 Å². The van der Waals surface area contributed by atoms with Crippen molar-refractivity contribution in [2.24, 2.45) is 7.05 Å². The highest BCUT2D eigenvalue weighted by Gasteiger charge is 2.31. The molecule has 2 aromatic heterocycles. The number of rotatable bonds is 2. The third-order valence-corrected chi connectivity index (χ3v) is 5.95. The highest BCUT2D eigenvalue weighted by Crippen LogP contribution is 2.20. The lowest BCUT2D eigenvalue weighted by Gasteiger charge is -2.32. The Hall–Kier alpha value is -1.75. The number of piperazine rings is 1. The van der Waals surface area contributed by atoms with Crippen LogP contribution in [0.1, 0.15) is 6.92 Å². The summed E-state index contributed by atoms with van der Waals surface area (Å²) in [6, 6.07) is 1.08. The zero-order valence-corrected chi connectivity index (χ0v) is 14.8. The number of pyridine rings is 1. The van der Waals surface area contributed by atoms with Crippen LogP contribution >= 0.6 is 12.4 Å². The number of H-pyrrole nitrogens is 1. The van der Waals surface area contributed by atoms with E-state index in [0.29, 0.717) is 19.6 Å². The molecular weight excluding hydrogens is 358 g/mol. The predicted octanol–water partition coefficient (Wildman–Crippen LogP) is -0.974. The number of aromatic amines is 1. The van der Waals surface area contributed by atoms with E-state index in [1.807, 2.05) is 6.92 Å². The van der Waals surface area contributed by atoms with Gasteiger partial charge in [0.05, 0.1) is 5.39 Å². The van der Waals surface area contributed by atoms with Gasteiger partial charge in [-0.2, -0.15) is 4.31 Å². The molecule has 0 aromatic carbocycles. The second-order valence-electron chi connectivity index (χ2n) is 5.53. The minimum Gasteiger partial charge on any atom is -0.314 e. The third-order valence-electron chi connectivity index (χ3n) is 3.98. The molecule has 132 valence electrons. The largest absolute Gasteiger partial charge is 0.329 e. The number of halogens is 1. The van der Waals surface area contributed by atoms with Gasteiger partial charge in [0, 0.05) is 38.9 Å². The van der Waals surface area contributed by atoms with Gasteiger partial charge in [0.1, 0.15) is 10.5 Å². The Morgan fingerprint density at radius 2 is 2.04 bits per heavy atom. The van der Waals surface area contributed by atoms with Gasteiger partial charge < -0.3 is 5.32 Å². The van der Waals surface area contributed by atoms with Crippen LogP contribution in [0, 0.1) is 0 Å². The highest BCUT2D eigenvalue weighted by atomic mass is 35.5. The molecule has 1 saturated heterocycles. The number of hydrogen-bond donors (Lipinski definition) is 2. The van der Waals surface area contributed by atoms with E-state index in [4.69, 9.17) is 0 Å². The van der Waals surface area contributed by atoms with Gasteiger partial charge >= 0.3 is 5.69 Å². The van der Waals surface area contributed by atoms with Gasteiger partial charge in [0.2, 0.25) is 10.0 Å². The van der Waals surface area contributed by atoms with E-state index in [9.17, 15) is 18.0 Å². The molecule has 24 heavy (non-hydrogen) atoms. The van der Waals surface area contributed by atoms with Crippen molar-refractivity contribution in [2.45, 2.75) is 17.9 Å². The Morgan fingerprint density at radius 1 is 1.33 bits per heavy atom. The van der Waals surface area contributed by atoms with Gasteiger partial charge in [-0.15, -0.1) is 12.4 Å². The van der Waals surface area contributed by atoms with Crippen molar-refractivity contribution in [1.82, 2.24) is 24.2 Å². The number of sulfonamides is 1. The topological polar surface area (TPSA) is 117 Å². The van der Waals surface area contributed by atoms with Crippen molar-refractivity contribution in [2.75, 3.05) is 19.6 Å². The van der Waals surface area contributed by atoms with Crippen LogP contribution in [0.3, 0.4) is 0 Å². The molecule has 0 bridgehead atoms. The van der Waals surface area contributed by atoms with Gasteiger partial charge in [0.25, 0.3) is 5.56 Å². The smallest absolute Gasteiger partial charge is 0.314 e. The standard InChI is InChI=1S/C13H17N5O4S.ClH/c1-8-6-14-3-4-18(8)23(21,22)9-5-10-11(15-7-9)17(2)13(20)16-12(10)19;/h5,7-8,14H,3-4,6H2,1-2H3,(H,16,19,20);1H. The maximum atomic E-state index is 12.8. The maximum absolute atomic E-state index is 12.8. The maximum Gasteiger partial charge on any atom is 0.329 e. The highest BCUT2D eigenvalue weighted by molar-refractivity contribution is 7.89. The van der Waals surface area contributed by atoms with Crippen molar-refractivity contribution in [1.29, 1.82) is 0 Å². The van der Waals surface area contributed by atoms with Crippen molar-refractivity contribution in [3.63, 3.8) is 0 Å². The lowest BCUT2D eigenvalue weighted by Crippen LogP contribution is -2.52. The molecule has 0 radical (unpaired) electrons. The Kier molecular flexibility index (Phi) is 5.14. The first-order chi connectivity index (χ1) is 10.8. The summed E-state index contributed by atoms with van der Waals surface area (Å²) >= 11 is 0. The van der Waals surface area contributed by atoms with Gasteiger partial charge in [-0.3, -0.25) is 14.3 Å². The molecule has 0 aliphatic carbocycles. The predicted molar refractivity (Wildman–Crippen MR) is 91.1 cm³/mol. The van der Waals surface area contributed by atoms with E-state index >= 15 is 0 Å². The van der Waals surface area contributed by atoms with Crippen LogP contribution in [0.25, 0.3) is 11.0 Å². The minimum absolute atomic E-state index is 0. The first kappa shape index (κ1) is 18.6. The fourth-order valence-electron chi connectivity index (χ4n) is 2.67. The Balaban J connectivity index is 0.00000208. The van der Waals surface area contributed by atoms with Crippen molar-refractivity contribution >= 4 is 33.5 Å². The molecule has 0 spiro atoms. The second kappa shape index (κ2) is 6.63. The molecule has 1 aliphatic rings. The van der Waals surface area contributed by atoms with E-state index in [0.717, 1.165) is 0 Å². The zero-order valence-electron chi connectivity index (χ0n) is 13.1. The zero-order chi connectivity index (χ0) is 16.8. The molecule has 3 rings (SSSR count). The SMILES string of the molecule is CC1CNCCN1S(=O)(=O)c1cnc2c(c1)c(=O)[nH]c(=O)n2C.Cl. The van der Waals surface area contributed by atoms with Crippen molar-refractivity contribution < 1.29 is 8.42 Å². The summed E-state index contributed by atoms with van der Waals surface area (Å²) in [4.78, 5) is 29.6. The summed E-state index contributed by atoms with van der Waals surface area (Å²) in [5.74, 6) is 0. The number of nitrogens with one attached hydrogen (secondary N) is 2. The third kappa shape index (κ3) is 2.97. The monoisotopic (exact) mass is 375 g/mol. The van der Waals surface area contributed by atoms with E-state index in [-0.39, 0.29) is 34.4 Å². The molecule has 0 amide bonds. The van der Waals surface area contributed by atoms with Crippen LogP contribution in [0.4, 0.5) is 0 Å². The molecule has 11 heteroatoms.